The molecule has 1 aliphatic rings. The van der Waals surface area contributed by atoms with E-state index in [2.05, 4.69) is 34.7 Å². The van der Waals surface area contributed by atoms with E-state index < -0.39 is 0 Å². The van der Waals surface area contributed by atoms with Crippen LogP contribution in [-0.4, -0.2) is 60.5 Å². The number of amides is 2. The van der Waals surface area contributed by atoms with Gasteiger partial charge in [-0.15, -0.1) is 11.3 Å². The van der Waals surface area contributed by atoms with Gasteiger partial charge in [0.25, 0.3) is 11.8 Å². The summed E-state index contributed by atoms with van der Waals surface area (Å²) in [4.78, 5) is 35.0. The summed E-state index contributed by atoms with van der Waals surface area (Å²) in [6.07, 6.45) is 2.55. The molecule has 238 valence electrons. The van der Waals surface area contributed by atoms with Gasteiger partial charge >= 0.3 is 0 Å². The normalized spacial score (nSPS) is 14.1. The van der Waals surface area contributed by atoms with Crippen molar-refractivity contribution < 1.29 is 14.7 Å². The molecule has 4 aromatic rings. The lowest BCUT2D eigenvalue weighted by Gasteiger charge is -2.24. The molecule has 1 aromatic heterocycles. The number of phenolic OH excluding ortho intramolecular Hbond substituents is 1. The number of anilines is 1. The van der Waals surface area contributed by atoms with Crippen LogP contribution in [0.5, 0.6) is 5.75 Å². The van der Waals surface area contributed by atoms with Gasteiger partial charge in [-0.1, -0.05) is 47.5 Å². The number of benzene rings is 3. The maximum absolute atomic E-state index is 13.6. The summed E-state index contributed by atoms with van der Waals surface area (Å²) in [6.45, 7) is 6.46. The van der Waals surface area contributed by atoms with Gasteiger partial charge in [-0.25, -0.2) is 4.98 Å². The summed E-state index contributed by atoms with van der Waals surface area (Å²) >= 11 is 7.57. The Hall–Kier alpha value is -3.92. The van der Waals surface area contributed by atoms with Crippen LogP contribution in [0.2, 0.25) is 5.02 Å². The van der Waals surface area contributed by atoms with E-state index in [0.29, 0.717) is 42.3 Å². The number of aromatic nitrogens is 1. The zero-order valence-electron chi connectivity index (χ0n) is 26.3. The zero-order chi connectivity index (χ0) is 32.3. The maximum Gasteiger partial charge on any atom is 0.254 e. The molecule has 0 aliphatic carbocycles. The van der Waals surface area contributed by atoms with Crippen molar-refractivity contribution in [1.82, 2.24) is 20.5 Å². The number of phenols is 1. The van der Waals surface area contributed by atoms with Crippen LogP contribution in [0.1, 0.15) is 67.8 Å². The van der Waals surface area contributed by atoms with Gasteiger partial charge in [0.05, 0.1) is 6.04 Å². The number of nitrogens with one attached hydrogen (secondary N) is 2. The quantitative estimate of drug-likeness (QED) is 0.165. The molecular weight excluding hydrogens is 606 g/mol. The van der Waals surface area contributed by atoms with Crippen molar-refractivity contribution >= 4 is 40.4 Å². The summed E-state index contributed by atoms with van der Waals surface area (Å²) in [5, 5.41) is 19.4. The highest BCUT2D eigenvalue weighted by atomic mass is 35.5. The van der Waals surface area contributed by atoms with Gasteiger partial charge in [0.1, 0.15) is 10.8 Å². The van der Waals surface area contributed by atoms with Gasteiger partial charge in [0.2, 0.25) is 0 Å². The minimum atomic E-state index is -0.212. The molecule has 2 heterocycles. The third kappa shape index (κ3) is 10.0. The van der Waals surface area contributed by atoms with Crippen LogP contribution in [-0.2, 0) is 6.54 Å². The molecule has 45 heavy (non-hydrogen) atoms. The Balaban J connectivity index is 0.000000580. The van der Waals surface area contributed by atoms with E-state index in [4.69, 9.17) is 11.6 Å². The number of hydrogen-bond donors (Lipinski definition) is 3. The Labute approximate surface area is 275 Å². The largest absolute Gasteiger partial charge is 0.508 e. The van der Waals surface area contributed by atoms with E-state index in [1.54, 1.807) is 29.5 Å². The number of hydrogen-bond acceptors (Lipinski definition) is 7. The second-order valence-corrected chi connectivity index (χ2v) is 12.7. The van der Waals surface area contributed by atoms with Crippen molar-refractivity contribution in [1.29, 1.82) is 0 Å². The Bertz CT molecular complexity index is 1560. The lowest BCUT2D eigenvalue weighted by Crippen LogP contribution is -2.31. The van der Waals surface area contributed by atoms with Gasteiger partial charge < -0.3 is 25.5 Å². The first kappa shape index (κ1) is 34.0. The molecule has 2 amide bonds. The molecule has 8 nitrogen and oxygen atoms in total. The SMILES string of the molecule is Cc1ccccc1.Cc1csc(C2CCCN2C(=O)c2cc(C(=O)NCCCNCc3cc(O)cc(Cl)c3)cc(N(C)C)c2)n1. The van der Waals surface area contributed by atoms with E-state index >= 15 is 0 Å². The summed E-state index contributed by atoms with van der Waals surface area (Å²) in [5.74, 6) is -0.150. The summed E-state index contributed by atoms with van der Waals surface area (Å²) < 4.78 is 0. The number of nitrogens with zero attached hydrogens (tertiary/aromatic N) is 3. The monoisotopic (exact) mass is 647 g/mol. The molecule has 0 spiro atoms. The fourth-order valence-electron chi connectivity index (χ4n) is 5.10. The Morgan fingerprint density at radius 3 is 2.44 bits per heavy atom. The first-order valence-corrected chi connectivity index (χ1v) is 16.4. The van der Waals surface area contributed by atoms with Crippen LogP contribution in [0.4, 0.5) is 5.69 Å². The average Bonchev–Trinajstić information content (AvgIpc) is 3.67. The number of thiazole rings is 1. The van der Waals surface area contributed by atoms with Crippen LogP contribution >= 0.6 is 22.9 Å². The standard InChI is InChI=1S/C28H34ClN5O3S.C7H8/c1-18-17-38-27(32-18)25-6-4-9-34(25)28(37)21-12-20(13-23(14-21)33(2)3)26(36)31-8-5-7-30-16-19-10-22(29)15-24(35)11-19;1-7-5-3-2-4-6-7/h10-15,17,25,30,35H,4-9,16H2,1-3H3,(H,31,36);2-6H,1H3. The number of carbonyl (C=O) groups excluding carboxylic acids is 2. The molecule has 1 unspecified atom stereocenters. The predicted octanol–water partition coefficient (Wildman–Crippen LogP) is 6.76. The second kappa shape index (κ2) is 16.4. The number of likely N-dealkylation sites (tertiary alicyclic amines) is 1. The lowest BCUT2D eigenvalue weighted by molar-refractivity contribution is 0.0735. The number of carbonyl (C=O) groups is 2. The van der Waals surface area contributed by atoms with E-state index in [0.717, 1.165) is 41.2 Å². The van der Waals surface area contributed by atoms with Gasteiger partial charge in [-0.05, 0) is 81.6 Å². The molecule has 10 heteroatoms. The van der Waals surface area contributed by atoms with E-state index in [1.165, 1.54) is 11.6 Å². The number of aromatic hydroxyl groups is 1. The molecular formula is C35H42ClN5O3S. The first-order valence-electron chi connectivity index (χ1n) is 15.1. The number of halogens is 1. The van der Waals surface area contributed by atoms with Gasteiger partial charge in [0.15, 0.2) is 0 Å². The molecule has 0 bridgehead atoms. The lowest BCUT2D eigenvalue weighted by atomic mass is 10.1. The van der Waals surface area contributed by atoms with Gasteiger partial charge in [-0.2, -0.15) is 0 Å². The highest BCUT2D eigenvalue weighted by Crippen LogP contribution is 2.35. The molecule has 1 aliphatic heterocycles. The molecule has 0 radical (unpaired) electrons. The Kier molecular flexibility index (Phi) is 12.4. The number of rotatable bonds is 10. The highest BCUT2D eigenvalue weighted by molar-refractivity contribution is 7.09. The van der Waals surface area contributed by atoms with Crippen molar-refractivity contribution in [2.24, 2.45) is 0 Å². The summed E-state index contributed by atoms with van der Waals surface area (Å²) in [5.41, 5.74) is 4.95. The molecule has 1 fully saturated rings. The molecule has 3 aromatic carbocycles. The Morgan fingerprint density at radius 2 is 1.80 bits per heavy atom. The first-order chi connectivity index (χ1) is 21.6. The van der Waals surface area contributed by atoms with Crippen LogP contribution in [0.25, 0.3) is 0 Å². The third-order valence-corrected chi connectivity index (χ3v) is 8.69. The minimum Gasteiger partial charge on any atom is -0.508 e. The van der Waals surface area contributed by atoms with Crippen LogP contribution in [0.3, 0.4) is 0 Å². The Morgan fingerprint density at radius 1 is 1.04 bits per heavy atom. The molecule has 1 saturated heterocycles. The summed E-state index contributed by atoms with van der Waals surface area (Å²) in [6, 6.07) is 20.5. The smallest absolute Gasteiger partial charge is 0.254 e. The van der Waals surface area contributed by atoms with E-state index in [9.17, 15) is 14.7 Å². The van der Waals surface area contributed by atoms with E-state index in [-0.39, 0.29) is 23.6 Å². The molecule has 0 saturated carbocycles. The van der Waals surface area contributed by atoms with E-state index in [1.807, 2.05) is 66.5 Å². The highest BCUT2D eigenvalue weighted by Gasteiger charge is 2.33. The third-order valence-electron chi connectivity index (χ3n) is 7.41. The molecule has 5 rings (SSSR count). The van der Waals surface area contributed by atoms with Crippen molar-refractivity contribution in [3.8, 4) is 5.75 Å². The number of aryl methyl sites for hydroxylation is 2. The van der Waals surface area contributed by atoms with Crippen LogP contribution in [0.15, 0.2) is 72.1 Å². The second-order valence-electron chi connectivity index (χ2n) is 11.4. The van der Waals surface area contributed by atoms with Crippen LogP contribution in [0, 0.1) is 13.8 Å². The maximum atomic E-state index is 13.6. The van der Waals surface area contributed by atoms with Crippen LogP contribution < -0.4 is 15.5 Å². The molecule has 3 N–H and O–H groups in total. The van der Waals surface area contributed by atoms with Crippen molar-refractivity contribution in [2.45, 2.75) is 45.7 Å². The minimum absolute atomic E-state index is 0.0233. The van der Waals surface area contributed by atoms with Gasteiger partial charge in [0, 0.05) is 66.6 Å². The zero-order valence-corrected chi connectivity index (χ0v) is 27.9. The van der Waals surface area contributed by atoms with Crippen molar-refractivity contribution in [2.75, 3.05) is 38.6 Å². The average molecular weight is 648 g/mol. The predicted molar refractivity (Wildman–Crippen MR) is 184 cm³/mol. The fourth-order valence-corrected chi connectivity index (χ4v) is 6.30. The fraction of sp³-hybridized carbons (Fsp3) is 0.343. The van der Waals surface area contributed by atoms with Gasteiger partial charge in [-0.3, -0.25) is 9.59 Å². The summed E-state index contributed by atoms with van der Waals surface area (Å²) in [7, 11) is 3.79. The van der Waals surface area contributed by atoms with Crippen molar-refractivity contribution in [3.05, 3.63) is 110 Å². The topological polar surface area (TPSA) is 97.8 Å². The van der Waals surface area contributed by atoms with Crippen molar-refractivity contribution in [3.63, 3.8) is 0 Å². The molecule has 1 atom stereocenters.